The lowest BCUT2D eigenvalue weighted by Crippen LogP contribution is -2.29. The van der Waals surface area contributed by atoms with Gasteiger partial charge >= 0.3 is 27.6 Å². The second-order valence-corrected chi connectivity index (χ2v) is 18.0. The van der Waals surface area contributed by atoms with Gasteiger partial charge in [-0.1, -0.05) is 143 Å². The third-order valence-corrected chi connectivity index (χ3v) is 10.8. The molecule has 0 aliphatic carbocycles. The number of rotatable bonds is 41. The minimum atomic E-state index is -4.88. The van der Waals surface area contributed by atoms with Gasteiger partial charge in [-0.05, 0) is 83.5 Å². The van der Waals surface area contributed by atoms with Crippen LogP contribution in [0.1, 0.15) is 142 Å². The smallest absolute Gasteiger partial charge is 0.462 e. The summed E-state index contributed by atoms with van der Waals surface area (Å²) in [5, 5.41) is 9.76. The number of unbranched alkanes of at least 4 members (excludes halogenated alkanes) is 6. The topological polar surface area (TPSA) is 208 Å². The molecule has 1 aliphatic rings. The molecule has 0 aromatic heterocycles. The maximum atomic E-state index is 12.7. The van der Waals surface area contributed by atoms with Crippen molar-refractivity contribution in [3.63, 3.8) is 0 Å². The zero-order valence-corrected chi connectivity index (χ0v) is 40.1. The van der Waals surface area contributed by atoms with E-state index >= 15 is 0 Å². The maximum absolute atomic E-state index is 12.7. The number of aliphatic hydroxyl groups is 1. The monoisotopic (exact) mass is 940 g/mol. The lowest BCUT2D eigenvalue weighted by atomic mass is 10.1. The minimum absolute atomic E-state index is 0.0116. The number of allylic oxidation sites excluding steroid dienone is 15. The number of ether oxygens (including phenoxy) is 3. The van der Waals surface area contributed by atoms with Crippen LogP contribution in [0.4, 0.5) is 0 Å². The summed E-state index contributed by atoms with van der Waals surface area (Å²) in [7, 11) is -9.73. The lowest BCUT2D eigenvalue weighted by Gasteiger charge is -2.20. The third kappa shape index (κ3) is 39.4. The van der Waals surface area contributed by atoms with Crippen LogP contribution in [0.5, 0.6) is 0 Å². The van der Waals surface area contributed by atoms with Gasteiger partial charge in [-0.25, -0.2) is 9.13 Å². The molecule has 14 nitrogen and oxygen atoms in total. The largest absolute Gasteiger partial charge is 0.472 e. The average Bonchev–Trinajstić information content (AvgIpc) is 4.01. The fraction of sp³-hybridized carbons (Fsp3) is 0.625. The summed E-state index contributed by atoms with van der Waals surface area (Å²) >= 11 is 0. The molecular formula is C48H78O14P2. The van der Waals surface area contributed by atoms with Gasteiger partial charge in [0, 0.05) is 12.8 Å². The number of carbonyl (C=O) groups is 2. The molecule has 16 heteroatoms. The Labute approximate surface area is 383 Å². The van der Waals surface area contributed by atoms with Crippen LogP contribution < -0.4 is 0 Å². The van der Waals surface area contributed by atoms with Crippen molar-refractivity contribution in [1.29, 1.82) is 0 Å². The second-order valence-electron chi connectivity index (χ2n) is 15.4. The van der Waals surface area contributed by atoms with Crippen LogP contribution in [0.2, 0.25) is 0 Å². The molecule has 0 saturated carbocycles. The Hall–Kier alpha value is -3.00. The number of hydrogen-bond donors (Lipinski definition) is 4. The van der Waals surface area contributed by atoms with Crippen LogP contribution in [0.15, 0.2) is 97.2 Å². The van der Waals surface area contributed by atoms with Crippen molar-refractivity contribution in [1.82, 2.24) is 0 Å². The molecule has 0 spiro atoms. The van der Waals surface area contributed by atoms with Crippen LogP contribution in [0, 0.1) is 0 Å². The molecule has 64 heavy (non-hydrogen) atoms. The standard InChI is InChI=1S/C48H78O14P2/c1-3-5-7-8-9-10-11-12-13-14-15-16-17-18-19-24-27-30-34-38-48(51)61-44(42-60-64(55,56)59-40-43(49)39-58-63(52,53)54)41-57-47(50)37-33-29-26-23-21-20-22-25-28-32-36-46-45(62-46)35-31-6-4-2/h9-10,12-13,15-16,18-20,22-23,26-28,30,32,43-46,49H,3-8,11,14,17,21,24-25,29,31,33-42H2,1-2H3,(H,55,56)(H2,52,53,54)/b10-9-,13-12-,16-15-,19-18-,22-20-,26-23-,30-27-,32-28-/t43-,44+,45?,46?/m0/s1. The summed E-state index contributed by atoms with van der Waals surface area (Å²) in [6.45, 7) is 1.54. The number of phosphoric acid groups is 2. The zero-order chi connectivity index (χ0) is 47.0. The van der Waals surface area contributed by atoms with E-state index in [-0.39, 0.29) is 12.8 Å². The van der Waals surface area contributed by atoms with E-state index in [1.165, 1.54) is 38.5 Å². The van der Waals surface area contributed by atoms with Gasteiger partial charge in [0.25, 0.3) is 0 Å². The molecule has 1 rings (SSSR count). The molecule has 1 saturated heterocycles. The predicted molar refractivity (Wildman–Crippen MR) is 252 cm³/mol. The lowest BCUT2D eigenvalue weighted by molar-refractivity contribution is -0.161. The normalized spacial score (nSPS) is 18.0. The first-order chi connectivity index (χ1) is 30.8. The molecule has 5 atom stereocenters. The predicted octanol–water partition coefficient (Wildman–Crippen LogP) is 11.1. The van der Waals surface area contributed by atoms with Crippen LogP contribution in [-0.2, 0) is 46.5 Å². The Kier molecular flexibility index (Phi) is 36.1. The Balaban J connectivity index is 2.44. The summed E-state index contributed by atoms with van der Waals surface area (Å²) in [6.07, 6.45) is 48.8. The zero-order valence-electron chi connectivity index (χ0n) is 38.3. The summed E-state index contributed by atoms with van der Waals surface area (Å²) < 4.78 is 53.4. The van der Waals surface area contributed by atoms with Crippen molar-refractivity contribution >= 4 is 27.6 Å². The molecule has 1 aliphatic heterocycles. The molecule has 0 amide bonds. The molecule has 1 heterocycles. The first-order valence-corrected chi connectivity index (χ1v) is 26.1. The first kappa shape index (κ1) is 59.0. The van der Waals surface area contributed by atoms with Gasteiger partial charge in [0.1, 0.15) is 12.7 Å². The van der Waals surface area contributed by atoms with Gasteiger partial charge in [-0.3, -0.25) is 23.2 Å². The molecule has 4 N–H and O–H groups in total. The highest BCUT2D eigenvalue weighted by atomic mass is 31.2. The highest BCUT2D eigenvalue weighted by Crippen LogP contribution is 2.44. The molecule has 0 aromatic carbocycles. The molecule has 364 valence electrons. The summed E-state index contributed by atoms with van der Waals surface area (Å²) in [6, 6.07) is 0. The molecular weight excluding hydrogens is 862 g/mol. The molecule has 0 radical (unpaired) electrons. The summed E-state index contributed by atoms with van der Waals surface area (Å²) in [5.74, 6) is -1.21. The van der Waals surface area contributed by atoms with E-state index in [1.54, 1.807) is 0 Å². The Bertz CT molecular complexity index is 1560. The van der Waals surface area contributed by atoms with Crippen LogP contribution in [-0.4, -0.2) is 82.6 Å². The molecule has 0 aromatic rings. The van der Waals surface area contributed by atoms with Gasteiger partial charge in [0.2, 0.25) is 0 Å². The first-order valence-electron chi connectivity index (χ1n) is 23.1. The van der Waals surface area contributed by atoms with Gasteiger partial charge in [-0.2, -0.15) is 0 Å². The SMILES string of the molecule is CCCCC/C=C\C/C=C\C/C=C\C/C=C\C/C=C\CCC(=O)O[C@H](COC(=O)CCC/C=C\C/C=C\C/C=C\CC1OC1CCCCC)COP(=O)(O)OC[C@@H](O)COP(=O)(O)O. The summed E-state index contributed by atoms with van der Waals surface area (Å²) in [5.41, 5.74) is 0. The number of hydrogen-bond acceptors (Lipinski definition) is 11. The van der Waals surface area contributed by atoms with Gasteiger partial charge in [0.05, 0.1) is 32.0 Å². The Morgan fingerprint density at radius 2 is 1.03 bits per heavy atom. The van der Waals surface area contributed by atoms with Crippen molar-refractivity contribution < 1.29 is 66.3 Å². The Morgan fingerprint density at radius 1 is 0.547 bits per heavy atom. The molecule has 0 bridgehead atoms. The summed E-state index contributed by atoms with van der Waals surface area (Å²) in [4.78, 5) is 52.7. The van der Waals surface area contributed by atoms with E-state index in [0.29, 0.717) is 37.9 Å². The van der Waals surface area contributed by atoms with Gasteiger partial charge in [-0.15, -0.1) is 0 Å². The molecule has 1 fully saturated rings. The van der Waals surface area contributed by atoms with E-state index in [2.05, 4.69) is 89.7 Å². The van der Waals surface area contributed by atoms with Gasteiger partial charge < -0.3 is 34.0 Å². The fourth-order valence-corrected chi connectivity index (χ4v) is 6.92. The number of aliphatic hydroxyl groups excluding tert-OH is 1. The maximum Gasteiger partial charge on any atom is 0.472 e. The van der Waals surface area contributed by atoms with E-state index in [9.17, 15) is 28.7 Å². The van der Waals surface area contributed by atoms with E-state index in [1.807, 2.05) is 30.4 Å². The highest BCUT2D eigenvalue weighted by Gasteiger charge is 2.36. The van der Waals surface area contributed by atoms with Crippen molar-refractivity contribution in [3.8, 4) is 0 Å². The minimum Gasteiger partial charge on any atom is -0.462 e. The number of phosphoric ester groups is 2. The van der Waals surface area contributed by atoms with Crippen LogP contribution in [0.3, 0.4) is 0 Å². The second kappa shape index (κ2) is 39.2. The number of carbonyl (C=O) groups excluding carboxylic acids is 2. The number of epoxide rings is 1. The van der Waals surface area contributed by atoms with E-state index in [4.69, 9.17) is 28.5 Å². The van der Waals surface area contributed by atoms with Crippen LogP contribution in [0.25, 0.3) is 0 Å². The quantitative estimate of drug-likeness (QED) is 0.0148. The van der Waals surface area contributed by atoms with Crippen LogP contribution >= 0.6 is 15.6 Å². The van der Waals surface area contributed by atoms with Crippen molar-refractivity contribution in [2.75, 3.05) is 26.4 Å². The Morgan fingerprint density at radius 3 is 1.59 bits per heavy atom. The van der Waals surface area contributed by atoms with Crippen molar-refractivity contribution in [2.45, 2.75) is 167 Å². The van der Waals surface area contributed by atoms with Crippen molar-refractivity contribution in [3.05, 3.63) is 97.2 Å². The van der Waals surface area contributed by atoms with E-state index < -0.39 is 66.2 Å². The number of esters is 2. The average molecular weight is 941 g/mol. The van der Waals surface area contributed by atoms with Gasteiger partial charge in [0.15, 0.2) is 6.10 Å². The highest BCUT2D eigenvalue weighted by molar-refractivity contribution is 7.47. The van der Waals surface area contributed by atoms with Crippen molar-refractivity contribution in [2.24, 2.45) is 0 Å². The molecule has 3 unspecified atom stereocenters. The fourth-order valence-electron chi connectivity index (χ4n) is 5.77. The van der Waals surface area contributed by atoms with E-state index in [0.717, 1.165) is 51.4 Å². The third-order valence-electron chi connectivity index (χ3n) is 9.37.